The van der Waals surface area contributed by atoms with Crippen LogP contribution in [0.3, 0.4) is 0 Å². The van der Waals surface area contributed by atoms with Gasteiger partial charge >= 0.3 is 0 Å². The van der Waals surface area contributed by atoms with Crippen molar-refractivity contribution in [2.75, 3.05) is 12.4 Å². The van der Waals surface area contributed by atoms with E-state index in [1.54, 1.807) is 31.4 Å². The number of ether oxygens (including phenoxy) is 1. The van der Waals surface area contributed by atoms with E-state index in [0.717, 1.165) is 7.57 Å². The molecule has 0 spiro atoms. The van der Waals surface area contributed by atoms with Gasteiger partial charge in [0, 0.05) is 6.07 Å². The van der Waals surface area contributed by atoms with Crippen molar-refractivity contribution >= 4 is 66.4 Å². The fraction of sp³-hybridized carbons (Fsp3) is 0.0833. The first-order chi connectivity index (χ1) is 9.01. The van der Waals surface area contributed by atoms with Gasteiger partial charge in [0.2, 0.25) is 0 Å². The normalized spacial score (nSPS) is 10.3. The molecule has 2 rings (SSSR count). The van der Waals surface area contributed by atoms with E-state index < -0.39 is 0 Å². The van der Waals surface area contributed by atoms with Crippen LogP contribution in [0.2, 0.25) is 5.02 Å². The van der Waals surface area contributed by atoms with Gasteiger partial charge in [-0.2, -0.15) is 0 Å². The van der Waals surface area contributed by atoms with Crippen molar-refractivity contribution in [2.24, 2.45) is 0 Å². The predicted octanol–water partition coefficient (Wildman–Crippen LogP) is 5.19. The molecule has 0 atom stereocenters. The van der Waals surface area contributed by atoms with Crippen LogP contribution in [-0.2, 0) is 0 Å². The van der Waals surface area contributed by atoms with Gasteiger partial charge < -0.3 is 10.1 Å². The van der Waals surface area contributed by atoms with Gasteiger partial charge in [0.05, 0.1) is 31.0 Å². The minimum Gasteiger partial charge on any atom is -0.497 e. The maximum Gasteiger partial charge on any atom is 0.257 e. The van der Waals surface area contributed by atoms with E-state index in [-0.39, 0.29) is 5.91 Å². The molecule has 19 heavy (non-hydrogen) atoms. The molecule has 1 N–H and O–H groups in total. The van der Waals surface area contributed by atoms with Gasteiger partial charge in [0.25, 0.3) is 5.91 Å². The third-order valence-electron chi connectivity index (χ3n) is 2.32. The summed E-state index contributed by atoms with van der Waals surface area (Å²) in [7, 11) is 1.56. The maximum absolute atomic E-state index is 12.1. The topological polar surface area (TPSA) is 38.3 Å². The standard InChI is InChI=1S/C12H8Br2ClNO2S/c1-18-6-2-3-8(15)9(4-6)16-12(17)7-5-10(13)19-11(7)14/h2-5H,1H3,(H,16,17). The van der Waals surface area contributed by atoms with Crippen LogP contribution in [-0.4, -0.2) is 13.0 Å². The lowest BCUT2D eigenvalue weighted by atomic mass is 10.2. The van der Waals surface area contributed by atoms with Crippen molar-refractivity contribution in [1.29, 1.82) is 0 Å². The van der Waals surface area contributed by atoms with Crippen LogP contribution in [0.1, 0.15) is 10.4 Å². The van der Waals surface area contributed by atoms with E-state index in [9.17, 15) is 4.79 Å². The quantitative estimate of drug-likeness (QED) is 0.735. The lowest BCUT2D eigenvalue weighted by Gasteiger charge is -2.08. The molecule has 0 fully saturated rings. The van der Waals surface area contributed by atoms with E-state index >= 15 is 0 Å². The summed E-state index contributed by atoms with van der Waals surface area (Å²) < 4.78 is 6.74. The number of halogens is 3. The lowest BCUT2D eigenvalue weighted by molar-refractivity contribution is 0.102. The molecule has 0 radical (unpaired) electrons. The Morgan fingerprint density at radius 2 is 2.11 bits per heavy atom. The zero-order valence-corrected chi connectivity index (χ0v) is 14.4. The van der Waals surface area contributed by atoms with Gasteiger partial charge in [-0.1, -0.05) is 11.6 Å². The summed E-state index contributed by atoms with van der Waals surface area (Å²) in [5.74, 6) is 0.397. The summed E-state index contributed by atoms with van der Waals surface area (Å²) in [6, 6.07) is 6.83. The highest BCUT2D eigenvalue weighted by atomic mass is 79.9. The predicted molar refractivity (Wildman–Crippen MR) is 85.7 cm³/mol. The third-order valence-corrected chi connectivity index (χ3v) is 4.99. The number of benzene rings is 1. The number of anilines is 1. The summed E-state index contributed by atoms with van der Waals surface area (Å²) in [5, 5.41) is 3.22. The van der Waals surface area contributed by atoms with Crippen molar-refractivity contribution in [3.05, 3.63) is 42.4 Å². The Balaban J connectivity index is 2.26. The van der Waals surface area contributed by atoms with Crippen molar-refractivity contribution in [3.63, 3.8) is 0 Å². The van der Waals surface area contributed by atoms with E-state index in [1.807, 2.05) is 0 Å². The molecule has 0 aliphatic carbocycles. The molecule has 0 saturated carbocycles. The average molecular weight is 426 g/mol. The van der Waals surface area contributed by atoms with E-state index in [2.05, 4.69) is 37.2 Å². The smallest absolute Gasteiger partial charge is 0.257 e. The third kappa shape index (κ3) is 3.51. The first-order valence-corrected chi connectivity index (χ1v) is 7.89. The summed E-state index contributed by atoms with van der Waals surface area (Å²) in [6.45, 7) is 0. The molecule has 1 amide bonds. The fourth-order valence-corrected chi connectivity index (χ4v) is 4.37. The van der Waals surface area contributed by atoms with Crippen molar-refractivity contribution in [1.82, 2.24) is 0 Å². The molecule has 0 aliphatic rings. The number of hydrogen-bond donors (Lipinski definition) is 1. The number of carbonyl (C=O) groups excluding carboxylic acids is 1. The molecular formula is C12H8Br2ClNO2S. The number of carbonyl (C=O) groups is 1. The molecule has 0 unspecified atom stereocenters. The second kappa shape index (κ2) is 6.26. The summed E-state index contributed by atoms with van der Waals surface area (Å²) in [5.41, 5.74) is 1.07. The molecule has 1 aromatic carbocycles. The van der Waals surface area contributed by atoms with Crippen LogP contribution in [0.15, 0.2) is 31.8 Å². The molecule has 7 heteroatoms. The number of thiophene rings is 1. The van der Waals surface area contributed by atoms with Gasteiger partial charge in [0.1, 0.15) is 5.75 Å². The van der Waals surface area contributed by atoms with Gasteiger partial charge in [-0.15, -0.1) is 11.3 Å². The highest BCUT2D eigenvalue weighted by Crippen LogP contribution is 2.33. The summed E-state index contributed by atoms with van der Waals surface area (Å²) >= 11 is 14.2. The van der Waals surface area contributed by atoms with Crippen molar-refractivity contribution < 1.29 is 9.53 Å². The number of hydrogen-bond acceptors (Lipinski definition) is 3. The van der Waals surface area contributed by atoms with Gasteiger partial charge in [-0.3, -0.25) is 4.79 Å². The fourth-order valence-electron chi connectivity index (χ4n) is 1.41. The minimum absolute atomic E-state index is 0.232. The molecule has 0 saturated heterocycles. The Bertz CT molecular complexity index is 630. The van der Waals surface area contributed by atoms with Crippen LogP contribution in [0.25, 0.3) is 0 Å². The number of methoxy groups -OCH3 is 1. The maximum atomic E-state index is 12.1. The zero-order valence-electron chi connectivity index (χ0n) is 9.67. The van der Waals surface area contributed by atoms with Crippen LogP contribution >= 0.6 is 54.8 Å². The molecular weight excluding hydrogens is 417 g/mol. The highest BCUT2D eigenvalue weighted by Gasteiger charge is 2.15. The molecule has 0 bridgehead atoms. The first kappa shape index (κ1) is 14.8. The monoisotopic (exact) mass is 423 g/mol. The van der Waals surface area contributed by atoms with Gasteiger partial charge in [0.15, 0.2) is 0 Å². The van der Waals surface area contributed by atoms with Crippen LogP contribution < -0.4 is 10.1 Å². The molecule has 3 nitrogen and oxygen atoms in total. The minimum atomic E-state index is -0.232. The summed E-state index contributed by atoms with van der Waals surface area (Å²) in [6.07, 6.45) is 0. The molecule has 1 aromatic heterocycles. The Kier molecular flexibility index (Phi) is 4.89. The Labute approximate surface area is 136 Å². The Morgan fingerprint density at radius 3 is 2.68 bits per heavy atom. The molecule has 2 aromatic rings. The first-order valence-electron chi connectivity index (χ1n) is 5.11. The van der Waals surface area contributed by atoms with E-state index in [1.165, 1.54) is 11.3 Å². The summed E-state index contributed by atoms with van der Waals surface area (Å²) in [4.78, 5) is 12.1. The largest absolute Gasteiger partial charge is 0.497 e. The molecule has 1 heterocycles. The van der Waals surface area contributed by atoms with E-state index in [4.69, 9.17) is 16.3 Å². The molecule has 0 aliphatic heterocycles. The van der Waals surface area contributed by atoms with Crippen LogP contribution in [0, 0.1) is 0 Å². The Hall–Kier alpha value is -0.560. The van der Waals surface area contributed by atoms with E-state index in [0.29, 0.717) is 22.0 Å². The second-order valence-electron chi connectivity index (χ2n) is 3.54. The van der Waals surface area contributed by atoms with Crippen LogP contribution in [0.5, 0.6) is 5.75 Å². The van der Waals surface area contributed by atoms with Crippen molar-refractivity contribution in [3.8, 4) is 5.75 Å². The molecule has 100 valence electrons. The van der Waals surface area contributed by atoms with Crippen molar-refractivity contribution in [2.45, 2.75) is 0 Å². The number of rotatable bonds is 3. The Morgan fingerprint density at radius 1 is 1.37 bits per heavy atom. The number of amides is 1. The van der Waals surface area contributed by atoms with Gasteiger partial charge in [-0.25, -0.2) is 0 Å². The lowest BCUT2D eigenvalue weighted by Crippen LogP contribution is -2.11. The number of nitrogens with one attached hydrogen (secondary N) is 1. The van der Waals surface area contributed by atoms with Gasteiger partial charge in [-0.05, 0) is 50.1 Å². The SMILES string of the molecule is COc1ccc(Cl)c(NC(=O)c2cc(Br)sc2Br)c1. The van der Waals surface area contributed by atoms with Crippen LogP contribution in [0.4, 0.5) is 5.69 Å². The second-order valence-corrected chi connectivity index (χ2v) is 7.69. The highest BCUT2D eigenvalue weighted by molar-refractivity contribution is 9.12. The average Bonchev–Trinajstić information content (AvgIpc) is 2.71. The zero-order chi connectivity index (χ0) is 14.0.